The van der Waals surface area contributed by atoms with Gasteiger partial charge in [-0.3, -0.25) is 14.5 Å². The number of imide groups is 1. The predicted molar refractivity (Wildman–Crippen MR) is 109 cm³/mol. The lowest BCUT2D eigenvalue weighted by Gasteiger charge is -2.37. The topological polar surface area (TPSA) is 81.8 Å². The van der Waals surface area contributed by atoms with Crippen molar-refractivity contribution >= 4 is 46.7 Å². The van der Waals surface area contributed by atoms with Gasteiger partial charge in [0, 0.05) is 24.7 Å². The molecule has 3 rings (SSSR count). The number of carbonyl (C=O) groups excluding carboxylic acids is 3. The summed E-state index contributed by atoms with van der Waals surface area (Å²) < 4.78 is 0. The molecule has 0 unspecified atom stereocenters. The summed E-state index contributed by atoms with van der Waals surface area (Å²) in [7, 11) is 0. The predicted octanol–water partition coefficient (Wildman–Crippen LogP) is 2.97. The van der Waals surface area contributed by atoms with E-state index in [1.54, 1.807) is 12.1 Å². The van der Waals surface area contributed by atoms with Gasteiger partial charge in [-0.1, -0.05) is 37.0 Å². The van der Waals surface area contributed by atoms with Crippen LogP contribution in [0.3, 0.4) is 0 Å². The molecule has 1 aromatic carbocycles. The zero-order valence-electron chi connectivity index (χ0n) is 15.9. The van der Waals surface area contributed by atoms with E-state index >= 15 is 0 Å². The monoisotopic (exact) mass is 426 g/mol. The van der Waals surface area contributed by atoms with Crippen LogP contribution >= 0.6 is 23.2 Å². The average molecular weight is 427 g/mol. The summed E-state index contributed by atoms with van der Waals surface area (Å²) in [6.07, 6.45) is 1.09. The van der Waals surface area contributed by atoms with Gasteiger partial charge >= 0.3 is 6.03 Å². The molecule has 0 aromatic heterocycles. The minimum Gasteiger partial charge on any atom is -0.323 e. The number of hydrogen-bond acceptors (Lipinski definition) is 4. The smallest absolute Gasteiger partial charge is 0.323 e. The van der Waals surface area contributed by atoms with Crippen molar-refractivity contribution in [3.8, 4) is 0 Å². The van der Waals surface area contributed by atoms with Crippen LogP contribution in [-0.2, 0) is 9.59 Å². The van der Waals surface area contributed by atoms with E-state index in [0.717, 1.165) is 24.5 Å². The van der Waals surface area contributed by atoms with Crippen molar-refractivity contribution in [3.63, 3.8) is 0 Å². The molecular formula is C19H24Cl2N4O3. The van der Waals surface area contributed by atoms with Crippen molar-refractivity contribution in [2.75, 3.05) is 31.5 Å². The molecule has 0 radical (unpaired) electrons. The second-order valence-corrected chi connectivity index (χ2v) is 8.61. The van der Waals surface area contributed by atoms with Crippen LogP contribution in [0, 0.1) is 5.92 Å². The molecular weight excluding hydrogens is 403 g/mol. The van der Waals surface area contributed by atoms with Crippen molar-refractivity contribution in [1.82, 2.24) is 15.1 Å². The molecule has 7 nitrogen and oxygen atoms in total. The zero-order valence-corrected chi connectivity index (χ0v) is 17.4. The lowest BCUT2D eigenvalue weighted by atomic mass is 9.87. The van der Waals surface area contributed by atoms with Crippen LogP contribution < -0.4 is 10.6 Å². The molecule has 0 bridgehead atoms. The number of anilines is 1. The lowest BCUT2D eigenvalue weighted by molar-refractivity contribution is -0.135. The molecule has 2 aliphatic heterocycles. The highest BCUT2D eigenvalue weighted by molar-refractivity contribution is 6.35. The summed E-state index contributed by atoms with van der Waals surface area (Å²) in [5.41, 5.74) is -0.568. The van der Waals surface area contributed by atoms with Crippen LogP contribution in [0.1, 0.15) is 26.7 Å². The molecule has 1 aromatic rings. The molecule has 0 saturated carbocycles. The van der Waals surface area contributed by atoms with Gasteiger partial charge in [0.25, 0.3) is 5.91 Å². The van der Waals surface area contributed by atoms with Crippen molar-refractivity contribution < 1.29 is 14.4 Å². The van der Waals surface area contributed by atoms with E-state index in [1.807, 2.05) is 0 Å². The van der Waals surface area contributed by atoms with E-state index in [-0.39, 0.29) is 12.5 Å². The number of carbonyl (C=O) groups is 3. The summed E-state index contributed by atoms with van der Waals surface area (Å²) in [5, 5.41) is 6.16. The quantitative estimate of drug-likeness (QED) is 0.708. The number of benzene rings is 1. The fourth-order valence-corrected chi connectivity index (χ4v) is 4.06. The molecule has 9 heteroatoms. The summed E-state index contributed by atoms with van der Waals surface area (Å²) in [6.45, 7) is 6.37. The molecule has 0 atom stereocenters. The number of amides is 4. The highest BCUT2D eigenvalue weighted by Crippen LogP contribution is 2.30. The van der Waals surface area contributed by atoms with E-state index in [2.05, 4.69) is 29.4 Å². The first kappa shape index (κ1) is 20.9. The maximum Gasteiger partial charge on any atom is 0.325 e. The SMILES string of the molecule is CC(C)CN1CCC2(CC1)NC(=O)N(CC(=O)Nc1cc(Cl)ccc1Cl)C2=O. The molecule has 1 spiro atoms. The zero-order chi connectivity index (χ0) is 20.5. The number of piperidine rings is 1. The molecule has 2 fully saturated rings. The minimum absolute atomic E-state index is 0.323. The fraction of sp³-hybridized carbons (Fsp3) is 0.526. The Morgan fingerprint density at radius 1 is 1.25 bits per heavy atom. The first-order valence-corrected chi connectivity index (χ1v) is 10.1. The Kier molecular flexibility index (Phi) is 6.17. The largest absolute Gasteiger partial charge is 0.325 e. The van der Waals surface area contributed by atoms with Crippen LogP contribution in [0.25, 0.3) is 0 Å². The van der Waals surface area contributed by atoms with E-state index in [4.69, 9.17) is 23.2 Å². The van der Waals surface area contributed by atoms with Gasteiger partial charge in [-0.2, -0.15) is 0 Å². The number of likely N-dealkylation sites (tertiary alicyclic amines) is 1. The summed E-state index contributed by atoms with van der Waals surface area (Å²) >= 11 is 12.0. The van der Waals surface area contributed by atoms with Crippen LogP contribution in [0.2, 0.25) is 10.0 Å². The Bertz CT molecular complexity index is 791. The number of nitrogens with one attached hydrogen (secondary N) is 2. The molecule has 2 aliphatic rings. The van der Waals surface area contributed by atoms with E-state index < -0.39 is 17.5 Å². The van der Waals surface area contributed by atoms with Gasteiger partial charge in [0.05, 0.1) is 10.7 Å². The number of halogens is 2. The van der Waals surface area contributed by atoms with Crippen molar-refractivity contribution in [2.24, 2.45) is 5.92 Å². The fourth-order valence-electron chi connectivity index (χ4n) is 3.72. The van der Waals surface area contributed by atoms with Crippen molar-refractivity contribution in [3.05, 3.63) is 28.2 Å². The van der Waals surface area contributed by atoms with Crippen LogP contribution in [-0.4, -0.2) is 59.4 Å². The van der Waals surface area contributed by atoms with Gasteiger partial charge < -0.3 is 15.5 Å². The summed E-state index contributed by atoms with van der Waals surface area (Å²) in [6, 6.07) is 4.15. The van der Waals surface area contributed by atoms with Gasteiger partial charge in [-0.15, -0.1) is 0 Å². The third-order valence-corrected chi connectivity index (χ3v) is 5.65. The molecule has 0 aliphatic carbocycles. The molecule has 28 heavy (non-hydrogen) atoms. The van der Waals surface area contributed by atoms with Crippen molar-refractivity contribution in [2.45, 2.75) is 32.2 Å². The highest BCUT2D eigenvalue weighted by Gasteiger charge is 2.52. The molecule has 2 heterocycles. The standard InChI is InChI=1S/C19H24Cl2N4O3/c1-12(2)10-24-7-5-19(6-8-24)17(27)25(18(28)23-19)11-16(26)22-15-9-13(20)3-4-14(15)21/h3-4,9,12H,5-8,10-11H2,1-2H3,(H,22,26)(H,23,28). The third kappa shape index (κ3) is 4.42. The molecule has 152 valence electrons. The van der Waals surface area contributed by atoms with Crippen molar-refractivity contribution in [1.29, 1.82) is 0 Å². The van der Waals surface area contributed by atoms with Crippen LogP contribution in [0.5, 0.6) is 0 Å². The Balaban J connectivity index is 1.62. The Labute approximate surface area is 174 Å². The maximum atomic E-state index is 12.9. The number of urea groups is 1. The normalized spacial score (nSPS) is 19.4. The third-order valence-electron chi connectivity index (χ3n) is 5.08. The Morgan fingerprint density at radius 2 is 1.93 bits per heavy atom. The number of rotatable bonds is 5. The minimum atomic E-state index is -0.904. The number of nitrogens with zero attached hydrogens (tertiary/aromatic N) is 2. The van der Waals surface area contributed by atoms with Gasteiger partial charge in [-0.25, -0.2) is 4.79 Å². The first-order valence-electron chi connectivity index (χ1n) is 9.31. The summed E-state index contributed by atoms with van der Waals surface area (Å²) in [5.74, 6) is -0.308. The molecule has 2 saturated heterocycles. The maximum absolute atomic E-state index is 12.9. The Morgan fingerprint density at radius 3 is 2.57 bits per heavy atom. The highest BCUT2D eigenvalue weighted by atomic mass is 35.5. The number of hydrogen-bond donors (Lipinski definition) is 2. The van der Waals surface area contributed by atoms with Gasteiger partial charge in [0.15, 0.2) is 0 Å². The average Bonchev–Trinajstić information content (AvgIpc) is 2.84. The lowest BCUT2D eigenvalue weighted by Crippen LogP contribution is -2.55. The molecule has 4 amide bonds. The second-order valence-electron chi connectivity index (χ2n) is 7.77. The van der Waals surface area contributed by atoms with Gasteiger partial charge in [0.2, 0.25) is 5.91 Å². The van der Waals surface area contributed by atoms with E-state index in [9.17, 15) is 14.4 Å². The van der Waals surface area contributed by atoms with Gasteiger partial charge in [0.1, 0.15) is 12.1 Å². The Hall–Kier alpha value is -1.83. The van der Waals surface area contributed by atoms with Crippen LogP contribution in [0.15, 0.2) is 18.2 Å². The van der Waals surface area contributed by atoms with Crippen LogP contribution in [0.4, 0.5) is 10.5 Å². The first-order chi connectivity index (χ1) is 13.2. The van der Waals surface area contributed by atoms with Gasteiger partial charge in [-0.05, 0) is 37.0 Å². The second kappa shape index (κ2) is 8.27. The summed E-state index contributed by atoms with van der Waals surface area (Å²) in [4.78, 5) is 41.0. The van der Waals surface area contributed by atoms with E-state index in [1.165, 1.54) is 6.07 Å². The van der Waals surface area contributed by atoms with E-state index in [0.29, 0.717) is 34.5 Å². The molecule has 2 N–H and O–H groups in total.